The molecule has 4 aromatic heterocycles. The Morgan fingerprint density at radius 1 is 0.638 bits per heavy atom. The highest BCUT2D eigenvalue weighted by molar-refractivity contribution is 7.79. The molecule has 2 aromatic carbocycles. The van der Waals surface area contributed by atoms with Gasteiger partial charge in [0.05, 0.1) is 0 Å². The fraction of sp³-hybridized carbons (Fsp3) is 0.176. The summed E-state index contributed by atoms with van der Waals surface area (Å²) in [4.78, 5) is 28.9. The van der Waals surface area contributed by atoms with Gasteiger partial charge in [-0.25, -0.2) is 9.13 Å². The van der Waals surface area contributed by atoms with Crippen LogP contribution >= 0.6 is 0 Å². The van der Waals surface area contributed by atoms with Crippen LogP contribution in [-0.2, 0) is 36.3 Å². The van der Waals surface area contributed by atoms with Gasteiger partial charge in [0.1, 0.15) is 24.2 Å². The minimum absolute atomic E-state index is 0.388. The third-order valence-corrected chi connectivity index (χ3v) is 7.36. The first-order valence-corrected chi connectivity index (χ1v) is 16.2. The number of fused-ring (bicyclic) bond motifs is 2. The van der Waals surface area contributed by atoms with Crippen LogP contribution in [0, 0.1) is 0 Å². The van der Waals surface area contributed by atoms with Gasteiger partial charge in [-0.2, -0.15) is 0 Å². The lowest BCUT2D eigenvalue weighted by Gasteiger charge is -2.06. The van der Waals surface area contributed by atoms with Crippen molar-refractivity contribution in [2.45, 2.75) is 38.8 Å². The van der Waals surface area contributed by atoms with Crippen LogP contribution in [0.3, 0.4) is 0 Å². The van der Waals surface area contributed by atoms with Gasteiger partial charge in [0.25, 0.3) is 11.8 Å². The van der Waals surface area contributed by atoms with Crippen molar-refractivity contribution in [1.29, 1.82) is 0 Å². The van der Waals surface area contributed by atoms with E-state index < -0.39 is 10.4 Å². The van der Waals surface area contributed by atoms with E-state index in [2.05, 4.69) is 58.8 Å². The molecule has 0 unspecified atom stereocenters. The predicted molar refractivity (Wildman–Crippen MR) is 174 cm³/mol. The summed E-state index contributed by atoms with van der Waals surface area (Å²) in [6.45, 7) is 1.72. The summed E-state index contributed by atoms with van der Waals surface area (Å²) in [6.07, 6.45) is 15.7. The Morgan fingerprint density at radius 2 is 1.02 bits per heavy atom. The van der Waals surface area contributed by atoms with Gasteiger partial charge in [0.15, 0.2) is 24.8 Å². The fourth-order valence-electron chi connectivity index (χ4n) is 5.19. The number of benzene rings is 2. The number of carbonyl (C=O) groups is 2. The molecule has 0 aliphatic carbocycles. The maximum absolute atomic E-state index is 11.2. The van der Waals surface area contributed by atoms with Crippen molar-refractivity contribution in [2.75, 3.05) is 0 Å². The molecule has 0 spiro atoms. The van der Waals surface area contributed by atoms with Crippen molar-refractivity contribution in [2.24, 2.45) is 11.5 Å². The standard InChI is InChI=1S/2C17H17N3O.H2O4S/c2*18-17(21)14-6-4-10-20(12-14)9-3-5-13-11-19-16-8-2-1-7-15(13)16;1-5(2,3)4/h2*1-2,4,6-8,10-12,19H,3,5,9H2,(H-,18,21);(H2,1,2,3,4). The number of nitrogens with two attached hydrogens (primary N) is 2. The van der Waals surface area contributed by atoms with Gasteiger partial charge in [0, 0.05) is 69.6 Å². The Balaban J connectivity index is 0.000000186. The second-order valence-corrected chi connectivity index (χ2v) is 11.5. The number of nitrogens with one attached hydrogen (secondary N) is 2. The molecule has 0 aliphatic heterocycles. The summed E-state index contributed by atoms with van der Waals surface area (Å²) in [5, 5.41) is 2.57. The molecule has 0 aliphatic rings. The van der Waals surface area contributed by atoms with E-state index in [0.717, 1.165) is 38.8 Å². The summed E-state index contributed by atoms with van der Waals surface area (Å²) < 4.78 is 38.1. The predicted octanol–water partition coefficient (Wildman–Crippen LogP) is 3.04. The molecule has 6 N–H and O–H groups in total. The number of aryl methyl sites for hydroxylation is 4. The molecule has 47 heavy (non-hydrogen) atoms. The minimum atomic E-state index is -5.17. The third kappa shape index (κ3) is 10.9. The molecule has 6 rings (SSSR count). The van der Waals surface area contributed by atoms with Crippen LogP contribution in [0.2, 0.25) is 0 Å². The SMILES string of the molecule is NC(=O)c1ccc[n+](CCCc2c[nH]c3ccccc23)c1.NC(=O)c1ccc[n+](CCCc2c[nH]c3ccccc23)c1.O=S(=O)([O-])[O-]. The van der Waals surface area contributed by atoms with Gasteiger partial charge in [0.2, 0.25) is 0 Å². The van der Waals surface area contributed by atoms with Gasteiger partial charge in [-0.15, -0.1) is 0 Å². The molecule has 244 valence electrons. The summed E-state index contributed by atoms with van der Waals surface area (Å²) in [6, 6.07) is 23.8. The number of rotatable bonds is 10. The van der Waals surface area contributed by atoms with E-state index in [0.29, 0.717) is 11.1 Å². The molecule has 13 heteroatoms. The van der Waals surface area contributed by atoms with Crippen molar-refractivity contribution in [3.63, 3.8) is 0 Å². The van der Waals surface area contributed by atoms with Crippen molar-refractivity contribution in [3.8, 4) is 0 Å². The van der Waals surface area contributed by atoms with Crippen LogP contribution < -0.4 is 20.6 Å². The lowest BCUT2D eigenvalue weighted by atomic mass is 10.1. The first kappa shape index (κ1) is 34.5. The smallest absolute Gasteiger partial charge is 0.254 e. The van der Waals surface area contributed by atoms with E-state index >= 15 is 0 Å². The number of hydrogen-bond donors (Lipinski definition) is 4. The van der Waals surface area contributed by atoms with Crippen LogP contribution in [0.25, 0.3) is 21.8 Å². The quantitative estimate of drug-likeness (QED) is 0.0990. The third-order valence-electron chi connectivity index (χ3n) is 7.36. The average Bonchev–Trinajstić information content (AvgIpc) is 3.65. The van der Waals surface area contributed by atoms with Crippen LogP contribution in [0.1, 0.15) is 44.7 Å². The Kier molecular flexibility index (Phi) is 11.9. The topological polar surface area (TPSA) is 206 Å². The minimum Gasteiger partial charge on any atom is -0.759 e. The van der Waals surface area contributed by atoms with E-state index in [-0.39, 0.29) is 11.8 Å². The van der Waals surface area contributed by atoms with Gasteiger partial charge in [-0.1, -0.05) is 36.4 Å². The number of H-pyrrole nitrogens is 2. The monoisotopic (exact) mass is 656 g/mol. The number of hydrogen-bond acceptors (Lipinski definition) is 6. The first-order valence-electron chi connectivity index (χ1n) is 14.8. The number of pyridine rings is 2. The number of nitrogens with zero attached hydrogens (tertiary/aromatic N) is 2. The van der Waals surface area contributed by atoms with Crippen LogP contribution in [0.5, 0.6) is 0 Å². The Morgan fingerprint density at radius 3 is 1.40 bits per heavy atom. The average molecular weight is 657 g/mol. The second kappa shape index (κ2) is 16.3. The molecule has 0 bridgehead atoms. The Hall–Kier alpha value is -5.37. The number of carbonyl (C=O) groups excluding carboxylic acids is 2. The summed E-state index contributed by atoms with van der Waals surface area (Å²) in [5.41, 5.74) is 16.7. The summed E-state index contributed by atoms with van der Waals surface area (Å²) >= 11 is 0. The van der Waals surface area contributed by atoms with Crippen molar-refractivity contribution < 1.29 is 36.2 Å². The molecule has 0 fully saturated rings. The first-order chi connectivity index (χ1) is 22.5. The number of para-hydroxylation sites is 2. The lowest BCUT2D eigenvalue weighted by molar-refractivity contribution is -0.697. The zero-order valence-electron chi connectivity index (χ0n) is 25.5. The maximum atomic E-state index is 11.2. The highest BCUT2D eigenvalue weighted by Crippen LogP contribution is 2.20. The maximum Gasteiger partial charge on any atom is 0.254 e. The fourth-order valence-corrected chi connectivity index (χ4v) is 5.19. The van der Waals surface area contributed by atoms with Crippen LogP contribution in [0.15, 0.2) is 110 Å². The van der Waals surface area contributed by atoms with Gasteiger partial charge >= 0.3 is 0 Å². The van der Waals surface area contributed by atoms with E-state index in [1.807, 2.05) is 45.8 Å². The van der Waals surface area contributed by atoms with Crippen molar-refractivity contribution >= 4 is 44.0 Å². The lowest BCUT2D eigenvalue weighted by Crippen LogP contribution is -2.34. The summed E-state index contributed by atoms with van der Waals surface area (Å²) in [5.74, 6) is -0.776. The number of aromatic amines is 2. The highest BCUT2D eigenvalue weighted by atomic mass is 32.3. The zero-order chi connectivity index (χ0) is 33.8. The molecule has 0 atom stereocenters. The molecular weight excluding hydrogens is 620 g/mol. The summed E-state index contributed by atoms with van der Waals surface area (Å²) in [7, 11) is -5.17. The Labute approximate surface area is 272 Å². The Bertz CT molecular complexity index is 1930. The van der Waals surface area contributed by atoms with Crippen molar-refractivity contribution in [3.05, 3.63) is 132 Å². The second-order valence-electron chi connectivity index (χ2n) is 10.7. The molecule has 0 saturated heterocycles. The zero-order valence-corrected chi connectivity index (χ0v) is 26.4. The number of amides is 2. The molecule has 12 nitrogen and oxygen atoms in total. The number of primary amides is 2. The van der Waals surface area contributed by atoms with Crippen LogP contribution in [0.4, 0.5) is 0 Å². The van der Waals surface area contributed by atoms with E-state index in [9.17, 15) is 9.59 Å². The van der Waals surface area contributed by atoms with E-state index in [1.165, 1.54) is 32.9 Å². The molecule has 6 aromatic rings. The molecule has 0 radical (unpaired) electrons. The highest BCUT2D eigenvalue weighted by Gasteiger charge is 2.10. The number of aromatic nitrogens is 4. The van der Waals surface area contributed by atoms with Crippen LogP contribution in [-0.4, -0.2) is 39.3 Å². The molecule has 0 saturated carbocycles. The normalized spacial score (nSPS) is 10.9. The molecule has 2 amide bonds. The van der Waals surface area contributed by atoms with Crippen molar-refractivity contribution in [1.82, 2.24) is 9.97 Å². The van der Waals surface area contributed by atoms with E-state index in [1.54, 1.807) is 24.5 Å². The van der Waals surface area contributed by atoms with Gasteiger partial charge in [-0.05, 0) is 48.2 Å². The van der Waals surface area contributed by atoms with Gasteiger partial charge in [-0.3, -0.25) is 18.0 Å². The molecular formula is C34H36N6O6S. The molecule has 4 heterocycles. The van der Waals surface area contributed by atoms with Gasteiger partial charge < -0.3 is 30.5 Å². The largest absolute Gasteiger partial charge is 0.759 e. The van der Waals surface area contributed by atoms with E-state index in [4.69, 9.17) is 29.0 Å².